The fourth-order valence-electron chi connectivity index (χ4n) is 1.76. The van der Waals surface area contributed by atoms with Crippen LogP contribution in [0.5, 0.6) is 0 Å². The number of rotatable bonds is 2. The lowest BCUT2D eigenvalue weighted by Crippen LogP contribution is -2.45. The molecule has 1 aliphatic rings. The third-order valence-corrected chi connectivity index (χ3v) is 3.81. The van der Waals surface area contributed by atoms with E-state index in [1.54, 1.807) is 4.90 Å². The number of aliphatic carboxylic acids is 1. The summed E-state index contributed by atoms with van der Waals surface area (Å²) in [7, 11) is 0. The van der Waals surface area contributed by atoms with E-state index < -0.39 is 11.2 Å². The monoisotopic (exact) mass is 251 g/mol. The van der Waals surface area contributed by atoms with Gasteiger partial charge < -0.3 is 10.0 Å². The van der Waals surface area contributed by atoms with Crippen LogP contribution in [0.4, 0.5) is 5.69 Å². The molecule has 5 heteroatoms. The average Bonchev–Trinajstić information content (AvgIpc) is 2.29. The largest absolute Gasteiger partial charge is 0.480 e. The molecule has 1 saturated heterocycles. The van der Waals surface area contributed by atoms with Crippen LogP contribution in [-0.2, 0) is 9.59 Å². The molecule has 1 aromatic carbocycles. The summed E-state index contributed by atoms with van der Waals surface area (Å²) in [6, 6.07) is 7.55. The molecule has 90 valence electrons. The molecule has 1 N–H and O–H groups in total. The van der Waals surface area contributed by atoms with Gasteiger partial charge in [-0.05, 0) is 24.6 Å². The van der Waals surface area contributed by atoms with Crippen LogP contribution < -0.4 is 4.90 Å². The van der Waals surface area contributed by atoms with Crippen molar-refractivity contribution in [3.05, 3.63) is 29.8 Å². The number of anilines is 1. The Morgan fingerprint density at radius 3 is 2.94 bits per heavy atom. The topological polar surface area (TPSA) is 57.6 Å². The Bertz CT molecular complexity index is 461. The molecule has 1 heterocycles. The van der Waals surface area contributed by atoms with Gasteiger partial charge in [-0.25, -0.2) is 0 Å². The highest BCUT2D eigenvalue weighted by atomic mass is 32.2. The predicted octanol–water partition coefficient (Wildman–Crippen LogP) is 1.53. The van der Waals surface area contributed by atoms with Crippen molar-refractivity contribution in [2.45, 2.75) is 12.2 Å². The summed E-state index contributed by atoms with van der Waals surface area (Å²) in [5.74, 6) is -0.663. The molecule has 4 nitrogen and oxygen atoms in total. The number of thioether (sulfide) groups is 1. The Hall–Kier alpha value is -1.49. The first-order valence-corrected chi connectivity index (χ1v) is 6.34. The van der Waals surface area contributed by atoms with E-state index in [-0.39, 0.29) is 18.2 Å². The first kappa shape index (κ1) is 12.0. The molecule has 0 saturated carbocycles. The normalized spacial score (nSPS) is 20.4. The third kappa shape index (κ3) is 2.61. The fourth-order valence-corrected chi connectivity index (χ4v) is 2.66. The van der Waals surface area contributed by atoms with Gasteiger partial charge in [-0.3, -0.25) is 9.59 Å². The van der Waals surface area contributed by atoms with E-state index in [2.05, 4.69) is 0 Å². The molecule has 1 aromatic rings. The number of carbonyl (C=O) groups is 2. The van der Waals surface area contributed by atoms with Crippen LogP contribution in [0.1, 0.15) is 5.56 Å². The van der Waals surface area contributed by atoms with E-state index >= 15 is 0 Å². The Labute approximate surface area is 104 Å². The second kappa shape index (κ2) is 4.79. The molecular weight excluding hydrogens is 238 g/mol. The quantitative estimate of drug-likeness (QED) is 0.866. The summed E-state index contributed by atoms with van der Waals surface area (Å²) in [5, 5.41) is 8.45. The smallest absolute Gasteiger partial charge is 0.318 e. The average molecular weight is 251 g/mol. The maximum absolute atomic E-state index is 11.8. The van der Waals surface area contributed by atoms with Crippen molar-refractivity contribution in [1.29, 1.82) is 0 Å². The second-order valence-electron chi connectivity index (χ2n) is 3.98. The molecule has 0 spiro atoms. The summed E-state index contributed by atoms with van der Waals surface area (Å²) in [4.78, 5) is 24.3. The summed E-state index contributed by atoms with van der Waals surface area (Å²) in [6.45, 7) is 2.18. The number of carboxylic acid groups (broad SMARTS) is 1. The van der Waals surface area contributed by atoms with Crippen LogP contribution in [0.15, 0.2) is 24.3 Å². The zero-order chi connectivity index (χ0) is 12.4. The van der Waals surface area contributed by atoms with Gasteiger partial charge in [-0.15, -0.1) is 11.8 Å². The van der Waals surface area contributed by atoms with Crippen LogP contribution in [0, 0.1) is 6.92 Å². The van der Waals surface area contributed by atoms with Crippen molar-refractivity contribution < 1.29 is 14.7 Å². The first-order chi connectivity index (χ1) is 8.08. The summed E-state index contributed by atoms with van der Waals surface area (Å²) in [6.07, 6.45) is 0. The van der Waals surface area contributed by atoms with Crippen molar-refractivity contribution in [1.82, 2.24) is 0 Å². The lowest BCUT2D eigenvalue weighted by atomic mass is 10.2. The van der Waals surface area contributed by atoms with Crippen molar-refractivity contribution in [2.24, 2.45) is 0 Å². The minimum atomic E-state index is -0.861. The first-order valence-electron chi connectivity index (χ1n) is 5.29. The summed E-state index contributed by atoms with van der Waals surface area (Å²) in [5.41, 5.74) is 1.84. The van der Waals surface area contributed by atoms with Crippen molar-refractivity contribution >= 4 is 29.3 Å². The van der Waals surface area contributed by atoms with Gasteiger partial charge in [-0.1, -0.05) is 12.1 Å². The van der Waals surface area contributed by atoms with E-state index in [9.17, 15) is 9.59 Å². The molecule has 0 radical (unpaired) electrons. The van der Waals surface area contributed by atoms with E-state index in [0.717, 1.165) is 11.3 Å². The van der Waals surface area contributed by atoms with Crippen LogP contribution in [0.2, 0.25) is 0 Å². The summed E-state index contributed by atoms with van der Waals surface area (Å²) < 4.78 is 0. The van der Waals surface area contributed by atoms with Crippen molar-refractivity contribution in [3.8, 4) is 0 Å². The minimum absolute atomic E-state index is 0.0295. The predicted molar refractivity (Wildman–Crippen MR) is 67.4 cm³/mol. The highest BCUT2D eigenvalue weighted by molar-refractivity contribution is 8.01. The van der Waals surface area contributed by atoms with Crippen LogP contribution in [0.25, 0.3) is 0 Å². The zero-order valence-electron chi connectivity index (χ0n) is 9.42. The fraction of sp³-hybridized carbons (Fsp3) is 0.333. The molecule has 1 amide bonds. The van der Waals surface area contributed by atoms with Gasteiger partial charge in [-0.2, -0.15) is 0 Å². The number of carboxylic acids is 1. The van der Waals surface area contributed by atoms with Gasteiger partial charge >= 0.3 is 5.97 Å². The minimum Gasteiger partial charge on any atom is -0.480 e. The van der Waals surface area contributed by atoms with Gasteiger partial charge in [0.05, 0.1) is 5.75 Å². The molecular formula is C12H13NO3S. The Morgan fingerprint density at radius 1 is 1.53 bits per heavy atom. The molecule has 2 rings (SSSR count). The van der Waals surface area contributed by atoms with E-state index in [1.807, 2.05) is 31.2 Å². The molecule has 0 bridgehead atoms. The van der Waals surface area contributed by atoms with Crippen molar-refractivity contribution in [2.75, 3.05) is 17.2 Å². The van der Waals surface area contributed by atoms with Gasteiger partial charge in [0, 0.05) is 12.2 Å². The number of nitrogens with zero attached hydrogens (tertiary/aromatic N) is 1. The molecule has 1 atom stereocenters. The molecule has 1 aliphatic heterocycles. The Balaban J connectivity index is 2.23. The van der Waals surface area contributed by atoms with Gasteiger partial charge in [0.25, 0.3) is 0 Å². The second-order valence-corrected chi connectivity index (χ2v) is 5.17. The molecule has 17 heavy (non-hydrogen) atoms. The standard InChI is InChI=1S/C12H13NO3S/c1-8-3-2-4-9(5-8)13-6-10(12(15)16)17-7-11(13)14/h2-5,10H,6-7H2,1H3,(H,15,16). The number of carbonyl (C=O) groups excluding carboxylic acids is 1. The summed E-state index contributed by atoms with van der Waals surface area (Å²) >= 11 is 1.19. The van der Waals surface area contributed by atoms with Gasteiger partial charge in [0.2, 0.25) is 5.91 Å². The maximum Gasteiger partial charge on any atom is 0.318 e. The molecule has 1 unspecified atom stereocenters. The number of benzene rings is 1. The van der Waals surface area contributed by atoms with Crippen LogP contribution in [-0.4, -0.2) is 34.5 Å². The SMILES string of the molecule is Cc1cccc(N2CC(C(=O)O)SCC2=O)c1. The van der Waals surface area contributed by atoms with Crippen LogP contribution >= 0.6 is 11.8 Å². The number of hydrogen-bond donors (Lipinski definition) is 1. The van der Waals surface area contributed by atoms with Gasteiger partial charge in [0.15, 0.2) is 0 Å². The van der Waals surface area contributed by atoms with Crippen LogP contribution in [0.3, 0.4) is 0 Å². The highest BCUT2D eigenvalue weighted by Crippen LogP contribution is 2.25. The number of amides is 1. The molecule has 1 fully saturated rings. The zero-order valence-corrected chi connectivity index (χ0v) is 10.2. The highest BCUT2D eigenvalue weighted by Gasteiger charge is 2.31. The van der Waals surface area contributed by atoms with E-state index in [1.165, 1.54) is 11.8 Å². The molecule has 0 aliphatic carbocycles. The third-order valence-electron chi connectivity index (χ3n) is 2.65. The van der Waals surface area contributed by atoms with Gasteiger partial charge in [0.1, 0.15) is 5.25 Å². The van der Waals surface area contributed by atoms with Crippen molar-refractivity contribution in [3.63, 3.8) is 0 Å². The lowest BCUT2D eigenvalue weighted by molar-refractivity contribution is -0.136. The number of hydrogen-bond acceptors (Lipinski definition) is 3. The van der Waals surface area contributed by atoms with E-state index in [4.69, 9.17) is 5.11 Å². The Kier molecular flexibility index (Phi) is 3.38. The maximum atomic E-state index is 11.8. The Morgan fingerprint density at radius 2 is 2.29 bits per heavy atom. The molecule has 0 aromatic heterocycles. The lowest BCUT2D eigenvalue weighted by Gasteiger charge is -2.30. The number of aryl methyl sites for hydroxylation is 1. The van der Waals surface area contributed by atoms with E-state index in [0.29, 0.717) is 0 Å².